The third-order valence-electron chi connectivity index (χ3n) is 3.08. The highest BCUT2D eigenvalue weighted by Crippen LogP contribution is 2.34. The van der Waals surface area contributed by atoms with Crippen molar-refractivity contribution in [3.8, 4) is 0 Å². The Labute approximate surface area is 134 Å². The summed E-state index contributed by atoms with van der Waals surface area (Å²) in [7, 11) is 0. The van der Waals surface area contributed by atoms with Crippen LogP contribution >= 0.6 is 23.2 Å². The van der Waals surface area contributed by atoms with Crippen molar-refractivity contribution in [2.75, 3.05) is 0 Å². The van der Waals surface area contributed by atoms with Crippen LogP contribution in [0.5, 0.6) is 0 Å². The fourth-order valence-electron chi connectivity index (χ4n) is 2.06. The van der Waals surface area contributed by atoms with Crippen molar-refractivity contribution in [2.45, 2.75) is 0 Å². The molecule has 7 heteroatoms. The van der Waals surface area contributed by atoms with E-state index in [4.69, 9.17) is 28.0 Å². The molecule has 0 radical (unpaired) electrons. The number of hydrogen-bond acceptors (Lipinski definition) is 4. The standard InChI is InChI=1S/C15H7Cl2NO4/c16-9-6-7-10(17)12-11(9)13(19)18(14(12)20)22-15(21)8-4-2-1-3-5-8/h1-7H. The minimum absolute atomic E-state index is 0.0658. The Morgan fingerprint density at radius 2 is 1.36 bits per heavy atom. The van der Waals surface area contributed by atoms with Crippen LogP contribution in [0.15, 0.2) is 42.5 Å². The van der Waals surface area contributed by atoms with Crippen molar-refractivity contribution < 1.29 is 19.2 Å². The number of carbonyl (C=O) groups is 3. The first kappa shape index (κ1) is 14.6. The summed E-state index contributed by atoms with van der Waals surface area (Å²) < 4.78 is 0. The maximum atomic E-state index is 12.2. The molecule has 0 aromatic heterocycles. The van der Waals surface area contributed by atoms with E-state index in [1.165, 1.54) is 24.3 Å². The van der Waals surface area contributed by atoms with Crippen LogP contribution in [0.4, 0.5) is 0 Å². The molecule has 0 atom stereocenters. The van der Waals surface area contributed by atoms with E-state index in [9.17, 15) is 14.4 Å². The topological polar surface area (TPSA) is 63.7 Å². The van der Waals surface area contributed by atoms with Gasteiger partial charge in [-0.05, 0) is 24.3 Å². The van der Waals surface area contributed by atoms with E-state index in [0.29, 0.717) is 5.06 Å². The molecule has 1 aliphatic heterocycles. The highest BCUT2D eigenvalue weighted by atomic mass is 35.5. The van der Waals surface area contributed by atoms with Crippen LogP contribution in [0.3, 0.4) is 0 Å². The number of hydroxylamine groups is 2. The Morgan fingerprint density at radius 1 is 0.864 bits per heavy atom. The maximum Gasteiger partial charge on any atom is 0.363 e. The van der Waals surface area contributed by atoms with Gasteiger partial charge in [-0.2, -0.15) is 0 Å². The van der Waals surface area contributed by atoms with E-state index in [-0.39, 0.29) is 26.7 Å². The molecular weight excluding hydrogens is 329 g/mol. The first-order valence-electron chi connectivity index (χ1n) is 6.15. The fraction of sp³-hybridized carbons (Fsp3) is 0. The lowest BCUT2D eigenvalue weighted by Gasteiger charge is -2.12. The van der Waals surface area contributed by atoms with Crippen molar-refractivity contribution >= 4 is 41.0 Å². The molecule has 3 rings (SSSR count). The number of fused-ring (bicyclic) bond motifs is 1. The normalized spacial score (nSPS) is 13.3. The summed E-state index contributed by atoms with van der Waals surface area (Å²) in [6.45, 7) is 0. The molecule has 0 unspecified atom stereocenters. The zero-order valence-corrected chi connectivity index (χ0v) is 12.4. The van der Waals surface area contributed by atoms with E-state index in [1.54, 1.807) is 18.2 Å². The average molecular weight is 336 g/mol. The van der Waals surface area contributed by atoms with Gasteiger partial charge < -0.3 is 4.84 Å². The first-order valence-corrected chi connectivity index (χ1v) is 6.90. The van der Waals surface area contributed by atoms with E-state index >= 15 is 0 Å². The first-order chi connectivity index (χ1) is 10.5. The van der Waals surface area contributed by atoms with Gasteiger partial charge >= 0.3 is 5.97 Å². The molecule has 110 valence electrons. The second-order valence-corrected chi connectivity index (χ2v) is 5.24. The molecule has 0 bridgehead atoms. The molecule has 0 aliphatic carbocycles. The number of imide groups is 1. The SMILES string of the molecule is O=C(ON1C(=O)c2c(Cl)ccc(Cl)c2C1=O)c1ccccc1. The van der Waals surface area contributed by atoms with Gasteiger partial charge in [0.1, 0.15) is 0 Å². The van der Waals surface area contributed by atoms with Crippen LogP contribution in [0.2, 0.25) is 10.0 Å². The molecule has 1 aliphatic rings. The van der Waals surface area contributed by atoms with Crippen LogP contribution in [0.25, 0.3) is 0 Å². The Morgan fingerprint density at radius 3 is 1.86 bits per heavy atom. The lowest BCUT2D eigenvalue weighted by molar-refractivity contribution is -0.0584. The second-order valence-electron chi connectivity index (χ2n) is 4.43. The zero-order valence-electron chi connectivity index (χ0n) is 10.9. The predicted molar refractivity (Wildman–Crippen MR) is 78.8 cm³/mol. The molecule has 0 spiro atoms. The minimum Gasteiger partial charge on any atom is -0.324 e. The Hall–Kier alpha value is -2.37. The lowest BCUT2D eigenvalue weighted by atomic mass is 10.1. The molecular formula is C15H7Cl2NO4. The number of benzene rings is 2. The molecule has 2 aromatic rings. The summed E-state index contributed by atoms with van der Waals surface area (Å²) >= 11 is 11.8. The number of amides is 2. The van der Waals surface area contributed by atoms with Crippen molar-refractivity contribution in [1.29, 1.82) is 0 Å². The molecule has 2 aromatic carbocycles. The van der Waals surface area contributed by atoms with Gasteiger partial charge in [0.2, 0.25) is 0 Å². The Bertz CT molecular complexity index is 764. The van der Waals surface area contributed by atoms with Gasteiger partial charge in [-0.1, -0.05) is 46.5 Å². The van der Waals surface area contributed by atoms with Crippen LogP contribution in [0, 0.1) is 0 Å². The van der Waals surface area contributed by atoms with Gasteiger partial charge in [0.05, 0.1) is 26.7 Å². The maximum absolute atomic E-state index is 12.2. The van der Waals surface area contributed by atoms with Crippen molar-refractivity contribution in [1.82, 2.24) is 5.06 Å². The highest BCUT2D eigenvalue weighted by Gasteiger charge is 2.42. The van der Waals surface area contributed by atoms with Gasteiger partial charge in [-0.25, -0.2) is 4.79 Å². The van der Waals surface area contributed by atoms with Crippen LogP contribution in [0.1, 0.15) is 31.1 Å². The molecule has 0 saturated heterocycles. The smallest absolute Gasteiger partial charge is 0.324 e. The van der Waals surface area contributed by atoms with E-state index in [1.807, 2.05) is 0 Å². The minimum atomic E-state index is -0.831. The average Bonchev–Trinajstić information content (AvgIpc) is 2.77. The van der Waals surface area contributed by atoms with Gasteiger partial charge in [-0.3, -0.25) is 9.59 Å². The highest BCUT2D eigenvalue weighted by molar-refractivity contribution is 6.41. The lowest BCUT2D eigenvalue weighted by Crippen LogP contribution is -2.32. The molecule has 2 amide bonds. The van der Waals surface area contributed by atoms with Gasteiger partial charge in [0.25, 0.3) is 11.8 Å². The number of rotatable bonds is 2. The van der Waals surface area contributed by atoms with E-state index in [0.717, 1.165) is 0 Å². The molecule has 0 fully saturated rings. The van der Waals surface area contributed by atoms with Crippen LogP contribution < -0.4 is 0 Å². The zero-order chi connectivity index (χ0) is 15.9. The summed E-state index contributed by atoms with van der Waals surface area (Å²) in [4.78, 5) is 41.3. The van der Waals surface area contributed by atoms with Crippen LogP contribution in [-0.2, 0) is 4.84 Å². The molecule has 0 N–H and O–H groups in total. The van der Waals surface area contributed by atoms with E-state index < -0.39 is 17.8 Å². The number of nitrogens with zero attached hydrogens (tertiary/aromatic N) is 1. The monoisotopic (exact) mass is 335 g/mol. The number of hydrogen-bond donors (Lipinski definition) is 0. The summed E-state index contributed by atoms with van der Waals surface area (Å²) in [5.41, 5.74) is 0.0660. The van der Waals surface area contributed by atoms with E-state index in [2.05, 4.69) is 0 Å². The number of carbonyl (C=O) groups excluding carboxylic acids is 3. The summed E-state index contributed by atoms with van der Waals surface area (Å²) in [6.07, 6.45) is 0. The molecule has 1 heterocycles. The predicted octanol–water partition coefficient (Wildman–Crippen LogP) is 3.36. The fourth-order valence-corrected chi connectivity index (χ4v) is 2.53. The Kier molecular flexibility index (Phi) is 3.60. The van der Waals surface area contributed by atoms with Crippen LogP contribution in [-0.4, -0.2) is 22.8 Å². The summed E-state index contributed by atoms with van der Waals surface area (Å²) in [6, 6.07) is 10.8. The van der Waals surface area contributed by atoms with Crippen molar-refractivity contribution in [3.63, 3.8) is 0 Å². The molecule has 0 saturated carbocycles. The van der Waals surface area contributed by atoms with Crippen molar-refractivity contribution in [3.05, 3.63) is 69.2 Å². The second kappa shape index (κ2) is 5.44. The van der Waals surface area contributed by atoms with Gasteiger partial charge in [0, 0.05) is 0 Å². The largest absolute Gasteiger partial charge is 0.363 e. The van der Waals surface area contributed by atoms with Crippen molar-refractivity contribution in [2.24, 2.45) is 0 Å². The van der Waals surface area contributed by atoms with Gasteiger partial charge in [-0.15, -0.1) is 0 Å². The Balaban J connectivity index is 1.94. The third-order valence-corrected chi connectivity index (χ3v) is 3.71. The quantitative estimate of drug-likeness (QED) is 0.789. The molecule has 22 heavy (non-hydrogen) atoms. The summed E-state index contributed by atoms with van der Waals surface area (Å²) in [5, 5.41) is 0.504. The number of halogens is 2. The summed E-state index contributed by atoms with van der Waals surface area (Å²) in [5.74, 6) is -2.48. The van der Waals surface area contributed by atoms with Gasteiger partial charge in [0.15, 0.2) is 0 Å². The molecule has 5 nitrogen and oxygen atoms in total. The third kappa shape index (κ3) is 2.24.